The van der Waals surface area contributed by atoms with Crippen molar-refractivity contribution in [2.75, 3.05) is 30.5 Å². The van der Waals surface area contributed by atoms with E-state index >= 15 is 0 Å². The second-order valence-corrected chi connectivity index (χ2v) is 5.89. The van der Waals surface area contributed by atoms with Crippen molar-refractivity contribution in [2.45, 2.75) is 26.0 Å². The summed E-state index contributed by atoms with van der Waals surface area (Å²) in [6.07, 6.45) is 1.71. The van der Waals surface area contributed by atoms with Crippen molar-refractivity contribution in [1.82, 2.24) is 9.78 Å². The summed E-state index contributed by atoms with van der Waals surface area (Å²) in [5.41, 5.74) is 1.25. The number of rotatable bonds is 4. The van der Waals surface area contributed by atoms with Gasteiger partial charge in [-0.1, -0.05) is 6.58 Å². The topological polar surface area (TPSA) is 47.4 Å². The highest BCUT2D eigenvalue weighted by atomic mass is 35.5. The number of ether oxygens (including phenoxy) is 1. The molecule has 0 spiro atoms. The molecule has 0 aromatic carbocycles. The van der Waals surface area contributed by atoms with Gasteiger partial charge < -0.3 is 9.64 Å². The first kappa shape index (κ1) is 15.1. The van der Waals surface area contributed by atoms with Gasteiger partial charge in [-0.15, -0.1) is 11.6 Å². The van der Waals surface area contributed by atoms with Crippen molar-refractivity contribution in [3.8, 4) is 0 Å². The maximum atomic E-state index is 12.1. The second-order valence-electron chi connectivity index (χ2n) is 5.62. The number of aromatic nitrogens is 2. The van der Waals surface area contributed by atoms with Crippen LogP contribution in [0.2, 0.25) is 0 Å². The Bertz CT molecular complexity index is 554. The molecule has 1 aromatic rings. The van der Waals surface area contributed by atoms with Gasteiger partial charge in [0.05, 0.1) is 30.6 Å². The highest BCUT2D eigenvalue weighted by Crippen LogP contribution is 2.21. The fourth-order valence-corrected chi connectivity index (χ4v) is 2.29. The Morgan fingerprint density at radius 2 is 2.35 bits per heavy atom. The molecule has 0 aliphatic carbocycles. The number of nitrogens with zero attached hydrogens (tertiary/aromatic N) is 3. The number of alkyl halides is 1. The predicted molar refractivity (Wildman–Crippen MR) is 80.6 cm³/mol. The van der Waals surface area contributed by atoms with Crippen LogP contribution < -0.4 is 10.5 Å². The van der Waals surface area contributed by atoms with Gasteiger partial charge in [0.25, 0.3) is 5.56 Å². The third-order valence-electron chi connectivity index (χ3n) is 3.21. The Labute approximate surface area is 123 Å². The van der Waals surface area contributed by atoms with E-state index in [0.717, 1.165) is 24.4 Å². The van der Waals surface area contributed by atoms with Crippen molar-refractivity contribution >= 4 is 17.3 Å². The average molecular weight is 298 g/mol. The zero-order chi connectivity index (χ0) is 14.8. The normalized spacial score (nSPS) is 18.1. The van der Waals surface area contributed by atoms with Crippen LogP contribution in [-0.2, 0) is 11.3 Å². The Kier molecular flexibility index (Phi) is 4.50. The molecular formula is C14H20ClN3O2. The molecule has 1 aromatic heterocycles. The quantitative estimate of drug-likeness (QED) is 0.626. The van der Waals surface area contributed by atoms with Gasteiger partial charge in [0.2, 0.25) is 0 Å². The summed E-state index contributed by atoms with van der Waals surface area (Å²) in [7, 11) is 0. The van der Waals surface area contributed by atoms with E-state index in [1.807, 2.05) is 13.8 Å². The highest BCUT2D eigenvalue weighted by molar-refractivity contribution is 6.19. The molecule has 0 bridgehead atoms. The van der Waals surface area contributed by atoms with Crippen LogP contribution in [0.4, 0.5) is 5.69 Å². The molecular weight excluding hydrogens is 278 g/mol. The van der Waals surface area contributed by atoms with Gasteiger partial charge in [0.15, 0.2) is 0 Å². The molecule has 0 radical (unpaired) electrons. The molecule has 1 aliphatic heterocycles. The molecule has 2 rings (SSSR count). The van der Waals surface area contributed by atoms with Gasteiger partial charge in [-0.3, -0.25) is 4.79 Å². The van der Waals surface area contributed by atoms with Gasteiger partial charge in [-0.25, -0.2) is 4.68 Å². The monoisotopic (exact) mass is 297 g/mol. The molecule has 0 amide bonds. The summed E-state index contributed by atoms with van der Waals surface area (Å²) < 4.78 is 7.04. The Balaban J connectivity index is 2.16. The van der Waals surface area contributed by atoms with E-state index in [1.165, 1.54) is 4.68 Å². The third-order valence-corrected chi connectivity index (χ3v) is 3.59. The molecule has 2 heterocycles. The van der Waals surface area contributed by atoms with Crippen LogP contribution >= 0.6 is 11.6 Å². The molecule has 1 saturated heterocycles. The maximum Gasteiger partial charge on any atom is 0.269 e. The van der Waals surface area contributed by atoms with Crippen LogP contribution in [0.1, 0.15) is 13.8 Å². The molecule has 0 unspecified atom stereocenters. The first-order valence-corrected chi connectivity index (χ1v) is 7.13. The summed E-state index contributed by atoms with van der Waals surface area (Å²) >= 11 is 5.67. The smallest absolute Gasteiger partial charge is 0.269 e. The van der Waals surface area contributed by atoms with E-state index in [1.54, 1.807) is 12.3 Å². The minimum absolute atomic E-state index is 0.141. The number of hydrogen-bond donors (Lipinski definition) is 0. The standard InChI is InChI=1S/C14H20ClN3O2/c1-11(7-15)9-18-13(19)6-12(8-16-18)17-4-5-20-14(2,3)10-17/h6,8H,1,4-5,7,9-10H2,2-3H3. The minimum atomic E-state index is -0.208. The number of morpholine rings is 1. The van der Waals surface area contributed by atoms with Gasteiger partial charge in [-0.2, -0.15) is 5.10 Å². The van der Waals surface area contributed by atoms with Crippen LogP contribution in [0.15, 0.2) is 29.2 Å². The summed E-state index contributed by atoms with van der Waals surface area (Å²) in [4.78, 5) is 14.2. The van der Waals surface area contributed by atoms with Crippen molar-refractivity contribution in [3.05, 3.63) is 34.8 Å². The van der Waals surface area contributed by atoms with Gasteiger partial charge in [-0.05, 0) is 19.4 Å². The molecule has 0 saturated carbocycles. The lowest BCUT2D eigenvalue weighted by Crippen LogP contribution is -2.48. The average Bonchev–Trinajstić information content (AvgIpc) is 2.39. The lowest BCUT2D eigenvalue weighted by Gasteiger charge is -2.39. The fourth-order valence-electron chi connectivity index (χ4n) is 2.21. The van der Waals surface area contributed by atoms with Crippen LogP contribution in [0.25, 0.3) is 0 Å². The summed E-state index contributed by atoms with van der Waals surface area (Å²) in [5.74, 6) is 0.327. The van der Waals surface area contributed by atoms with Gasteiger partial charge >= 0.3 is 0 Å². The number of hydrogen-bond acceptors (Lipinski definition) is 4. The summed E-state index contributed by atoms with van der Waals surface area (Å²) in [5, 5.41) is 4.19. The largest absolute Gasteiger partial charge is 0.372 e. The second kappa shape index (κ2) is 5.97. The molecule has 6 heteroatoms. The Hall–Kier alpha value is -1.33. The maximum absolute atomic E-state index is 12.1. The van der Waals surface area contributed by atoms with E-state index in [2.05, 4.69) is 16.6 Å². The summed E-state index contributed by atoms with van der Waals surface area (Å²) in [6.45, 7) is 10.4. The zero-order valence-corrected chi connectivity index (χ0v) is 12.7. The van der Waals surface area contributed by atoms with Crippen molar-refractivity contribution in [3.63, 3.8) is 0 Å². The van der Waals surface area contributed by atoms with Crippen LogP contribution in [-0.4, -0.2) is 41.0 Å². The van der Waals surface area contributed by atoms with Crippen LogP contribution in [0, 0.1) is 0 Å². The predicted octanol–water partition coefficient (Wildman–Crippen LogP) is 1.65. The highest BCUT2D eigenvalue weighted by Gasteiger charge is 2.27. The number of anilines is 1. The molecule has 1 fully saturated rings. The van der Waals surface area contributed by atoms with E-state index < -0.39 is 0 Å². The number of allylic oxidation sites excluding steroid dienone is 1. The summed E-state index contributed by atoms with van der Waals surface area (Å²) in [6, 6.07) is 1.61. The van der Waals surface area contributed by atoms with Crippen molar-refractivity contribution in [2.24, 2.45) is 0 Å². The minimum Gasteiger partial charge on any atom is -0.372 e. The fraction of sp³-hybridized carbons (Fsp3) is 0.571. The molecule has 20 heavy (non-hydrogen) atoms. The Morgan fingerprint density at radius 1 is 1.60 bits per heavy atom. The lowest BCUT2D eigenvalue weighted by molar-refractivity contribution is -0.0277. The van der Waals surface area contributed by atoms with E-state index in [-0.39, 0.29) is 11.2 Å². The van der Waals surface area contributed by atoms with Crippen LogP contribution in [0.5, 0.6) is 0 Å². The third kappa shape index (κ3) is 3.61. The lowest BCUT2D eigenvalue weighted by atomic mass is 10.1. The molecule has 1 aliphatic rings. The van der Waals surface area contributed by atoms with Crippen molar-refractivity contribution < 1.29 is 4.74 Å². The Morgan fingerprint density at radius 3 is 2.95 bits per heavy atom. The first-order chi connectivity index (χ1) is 9.41. The molecule has 0 N–H and O–H groups in total. The zero-order valence-electron chi connectivity index (χ0n) is 11.9. The van der Waals surface area contributed by atoms with Gasteiger partial charge in [0, 0.05) is 25.0 Å². The molecule has 110 valence electrons. The van der Waals surface area contributed by atoms with E-state index in [9.17, 15) is 4.79 Å². The first-order valence-electron chi connectivity index (χ1n) is 6.60. The molecule has 5 nitrogen and oxygen atoms in total. The molecule has 0 atom stereocenters. The van der Waals surface area contributed by atoms with E-state index in [4.69, 9.17) is 16.3 Å². The van der Waals surface area contributed by atoms with Crippen molar-refractivity contribution in [1.29, 1.82) is 0 Å². The van der Waals surface area contributed by atoms with Gasteiger partial charge in [0.1, 0.15) is 0 Å². The SMILES string of the molecule is C=C(CCl)Cn1ncc(N2CCOC(C)(C)C2)cc1=O. The van der Waals surface area contributed by atoms with E-state index in [0.29, 0.717) is 19.0 Å². The number of halogens is 1. The van der Waals surface area contributed by atoms with Crippen LogP contribution in [0.3, 0.4) is 0 Å².